The van der Waals surface area contributed by atoms with Gasteiger partial charge in [-0.3, -0.25) is 0 Å². The Morgan fingerprint density at radius 2 is 1.94 bits per heavy atom. The number of aliphatic hydroxyl groups excluding tert-OH is 1. The van der Waals surface area contributed by atoms with Crippen molar-refractivity contribution in [2.45, 2.75) is 6.61 Å². The number of methoxy groups -OCH3 is 1. The van der Waals surface area contributed by atoms with Crippen LogP contribution in [0.25, 0.3) is 11.3 Å². The lowest BCUT2D eigenvalue weighted by Crippen LogP contribution is -1.93. The maximum absolute atomic E-state index is 9.41. The Kier molecular flexibility index (Phi) is 2.97. The van der Waals surface area contributed by atoms with Crippen LogP contribution in [-0.2, 0) is 13.7 Å². The molecule has 3 nitrogen and oxygen atoms in total. The van der Waals surface area contributed by atoms with E-state index in [1.165, 1.54) is 0 Å². The second-order valence-electron chi connectivity index (χ2n) is 3.66. The van der Waals surface area contributed by atoms with Crippen LogP contribution in [0.5, 0.6) is 5.75 Å². The van der Waals surface area contributed by atoms with Gasteiger partial charge in [0, 0.05) is 18.8 Å². The number of rotatable bonds is 3. The molecule has 0 aliphatic heterocycles. The number of aryl methyl sites for hydroxylation is 1. The van der Waals surface area contributed by atoms with Gasteiger partial charge >= 0.3 is 0 Å². The van der Waals surface area contributed by atoms with Crippen LogP contribution in [0.1, 0.15) is 5.56 Å². The first-order valence-corrected chi connectivity index (χ1v) is 5.16. The number of hydrogen-bond donors (Lipinski definition) is 1. The second kappa shape index (κ2) is 4.41. The third-order valence-electron chi connectivity index (χ3n) is 2.67. The molecule has 0 bridgehead atoms. The van der Waals surface area contributed by atoms with Gasteiger partial charge in [0.05, 0.1) is 19.4 Å². The summed E-state index contributed by atoms with van der Waals surface area (Å²) in [7, 11) is 3.56. The summed E-state index contributed by atoms with van der Waals surface area (Å²) in [5, 5.41) is 9.41. The van der Waals surface area contributed by atoms with Gasteiger partial charge < -0.3 is 14.4 Å². The van der Waals surface area contributed by atoms with Crippen molar-refractivity contribution in [3.8, 4) is 17.0 Å². The van der Waals surface area contributed by atoms with Crippen LogP contribution in [0.2, 0.25) is 0 Å². The van der Waals surface area contributed by atoms with Crippen molar-refractivity contribution < 1.29 is 9.84 Å². The molecule has 0 unspecified atom stereocenters. The van der Waals surface area contributed by atoms with Crippen LogP contribution in [0, 0.1) is 0 Å². The molecule has 1 N–H and O–H groups in total. The van der Waals surface area contributed by atoms with Gasteiger partial charge in [-0.1, -0.05) is 30.3 Å². The van der Waals surface area contributed by atoms with Gasteiger partial charge in [0.25, 0.3) is 0 Å². The summed E-state index contributed by atoms with van der Waals surface area (Å²) in [6.45, 7) is -0.0196. The summed E-state index contributed by atoms with van der Waals surface area (Å²) in [6.07, 6.45) is 1.88. The first kappa shape index (κ1) is 10.8. The summed E-state index contributed by atoms with van der Waals surface area (Å²) < 4.78 is 7.21. The average Bonchev–Trinajstić information content (AvgIpc) is 2.66. The third kappa shape index (κ3) is 1.70. The quantitative estimate of drug-likeness (QED) is 0.855. The summed E-state index contributed by atoms with van der Waals surface area (Å²) in [6, 6.07) is 9.98. The molecule has 0 saturated carbocycles. The summed E-state index contributed by atoms with van der Waals surface area (Å²) in [5.74, 6) is 0.726. The Morgan fingerprint density at radius 3 is 2.50 bits per heavy atom. The van der Waals surface area contributed by atoms with Crippen molar-refractivity contribution in [2.24, 2.45) is 7.05 Å². The zero-order valence-corrected chi connectivity index (χ0v) is 9.47. The zero-order valence-electron chi connectivity index (χ0n) is 9.47. The first-order chi connectivity index (χ1) is 7.77. The molecular formula is C13H15NO2. The molecule has 0 fully saturated rings. The highest BCUT2D eigenvalue weighted by Gasteiger charge is 2.14. The Morgan fingerprint density at radius 1 is 1.25 bits per heavy atom. The van der Waals surface area contributed by atoms with Crippen LogP contribution in [-0.4, -0.2) is 16.8 Å². The van der Waals surface area contributed by atoms with Crippen LogP contribution in [0.15, 0.2) is 36.5 Å². The standard InChI is InChI=1S/C13H15NO2/c1-14-8-12(16-2)11(9-15)13(14)10-6-4-3-5-7-10/h3-8,15H,9H2,1-2H3. The molecule has 0 amide bonds. The van der Waals surface area contributed by atoms with Crippen molar-refractivity contribution >= 4 is 0 Å². The minimum Gasteiger partial charge on any atom is -0.495 e. The third-order valence-corrected chi connectivity index (χ3v) is 2.67. The Labute approximate surface area is 94.9 Å². The van der Waals surface area contributed by atoms with Gasteiger partial charge in [-0.05, 0) is 5.56 Å². The maximum atomic E-state index is 9.41. The molecule has 3 heteroatoms. The van der Waals surface area contributed by atoms with E-state index in [1.54, 1.807) is 7.11 Å². The lowest BCUT2D eigenvalue weighted by molar-refractivity contribution is 0.275. The van der Waals surface area contributed by atoms with Crippen molar-refractivity contribution in [3.05, 3.63) is 42.1 Å². The SMILES string of the molecule is COc1cn(C)c(-c2ccccc2)c1CO. The van der Waals surface area contributed by atoms with E-state index < -0.39 is 0 Å². The molecule has 0 atom stereocenters. The molecule has 0 radical (unpaired) electrons. The molecule has 1 aromatic heterocycles. The molecule has 1 aromatic carbocycles. The predicted molar refractivity (Wildman–Crippen MR) is 63.3 cm³/mol. The zero-order chi connectivity index (χ0) is 11.5. The van der Waals surface area contributed by atoms with Crippen LogP contribution in [0.4, 0.5) is 0 Å². The smallest absolute Gasteiger partial charge is 0.142 e. The normalized spacial score (nSPS) is 10.4. The van der Waals surface area contributed by atoms with Crippen molar-refractivity contribution in [3.63, 3.8) is 0 Å². The number of ether oxygens (including phenoxy) is 1. The molecule has 2 rings (SSSR count). The largest absolute Gasteiger partial charge is 0.495 e. The number of aromatic nitrogens is 1. The second-order valence-corrected chi connectivity index (χ2v) is 3.66. The molecule has 84 valence electrons. The Hall–Kier alpha value is -1.74. The van der Waals surface area contributed by atoms with E-state index in [0.717, 1.165) is 22.6 Å². The fourth-order valence-corrected chi connectivity index (χ4v) is 1.95. The average molecular weight is 217 g/mol. The maximum Gasteiger partial charge on any atom is 0.142 e. The van der Waals surface area contributed by atoms with Gasteiger partial charge in [0.15, 0.2) is 0 Å². The number of nitrogens with zero attached hydrogens (tertiary/aromatic N) is 1. The van der Waals surface area contributed by atoms with E-state index in [1.807, 2.05) is 48.1 Å². The van der Waals surface area contributed by atoms with E-state index >= 15 is 0 Å². The van der Waals surface area contributed by atoms with Crippen LogP contribution in [0.3, 0.4) is 0 Å². The number of aliphatic hydroxyl groups is 1. The number of hydrogen-bond acceptors (Lipinski definition) is 2. The summed E-state index contributed by atoms with van der Waals surface area (Å²) in [5.41, 5.74) is 2.91. The molecule has 2 aromatic rings. The monoisotopic (exact) mass is 217 g/mol. The first-order valence-electron chi connectivity index (χ1n) is 5.16. The highest BCUT2D eigenvalue weighted by Crippen LogP contribution is 2.32. The number of benzene rings is 1. The fourth-order valence-electron chi connectivity index (χ4n) is 1.95. The van der Waals surface area contributed by atoms with E-state index in [2.05, 4.69) is 0 Å². The Bertz CT molecular complexity index is 474. The molecule has 16 heavy (non-hydrogen) atoms. The van der Waals surface area contributed by atoms with E-state index in [9.17, 15) is 5.11 Å². The van der Waals surface area contributed by atoms with Gasteiger partial charge in [-0.15, -0.1) is 0 Å². The van der Waals surface area contributed by atoms with Crippen LogP contribution < -0.4 is 4.74 Å². The van der Waals surface area contributed by atoms with E-state index in [0.29, 0.717) is 0 Å². The summed E-state index contributed by atoms with van der Waals surface area (Å²) >= 11 is 0. The van der Waals surface area contributed by atoms with E-state index in [4.69, 9.17) is 4.74 Å². The van der Waals surface area contributed by atoms with Crippen molar-refractivity contribution in [1.82, 2.24) is 4.57 Å². The van der Waals surface area contributed by atoms with Gasteiger partial charge in [-0.2, -0.15) is 0 Å². The van der Waals surface area contributed by atoms with Crippen molar-refractivity contribution in [1.29, 1.82) is 0 Å². The van der Waals surface area contributed by atoms with Gasteiger partial charge in [0.1, 0.15) is 5.75 Å². The van der Waals surface area contributed by atoms with Crippen LogP contribution >= 0.6 is 0 Å². The minimum absolute atomic E-state index is 0.0196. The topological polar surface area (TPSA) is 34.4 Å². The lowest BCUT2D eigenvalue weighted by atomic mass is 10.1. The van der Waals surface area contributed by atoms with E-state index in [-0.39, 0.29) is 6.61 Å². The summed E-state index contributed by atoms with van der Waals surface area (Å²) in [4.78, 5) is 0. The predicted octanol–water partition coefficient (Wildman–Crippen LogP) is 2.19. The molecule has 0 saturated heterocycles. The highest BCUT2D eigenvalue weighted by molar-refractivity contribution is 5.67. The minimum atomic E-state index is -0.0196. The molecule has 0 aliphatic rings. The Balaban J connectivity index is 2.60. The van der Waals surface area contributed by atoms with Gasteiger partial charge in [-0.25, -0.2) is 0 Å². The lowest BCUT2D eigenvalue weighted by Gasteiger charge is -2.06. The fraction of sp³-hybridized carbons (Fsp3) is 0.231. The molecular weight excluding hydrogens is 202 g/mol. The highest BCUT2D eigenvalue weighted by atomic mass is 16.5. The van der Waals surface area contributed by atoms with Crippen molar-refractivity contribution in [2.75, 3.05) is 7.11 Å². The molecule has 0 aliphatic carbocycles. The molecule has 0 spiro atoms. The van der Waals surface area contributed by atoms with Gasteiger partial charge in [0.2, 0.25) is 0 Å². The molecule has 1 heterocycles.